The Bertz CT molecular complexity index is 740. The van der Waals surface area contributed by atoms with Crippen LogP contribution in [0.4, 0.5) is 20.3 Å². The van der Waals surface area contributed by atoms with Gasteiger partial charge in [-0.1, -0.05) is 6.07 Å². The average molecular weight is 332 g/mol. The van der Waals surface area contributed by atoms with Crippen molar-refractivity contribution in [3.05, 3.63) is 47.4 Å². The van der Waals surface area contributed by atoms with Crippen molar-refractivity contribution in [3.63, 3.8) is 0 Å². The third-order valence-corrected chi connectivity index (χ3v) is 3.94. The molecule has 0 saturated carbocycles. The molecule has 1 aromatic heterocycles. The number of amides is 1. The van der Waals surface area contributed by atoms with Gasteiger partial charge in [0.1, 0.15) is 34.7 Å². The third kappa shape index (κ3) is 3.50. The number of aryl methyl sites for hydroxylation is 1. The number of para-hydroxylation sites is 1. The molecule has 1 aliphatic heterocycles. The van der Waals surface area contributed by atoms with Crippen LogP contribution in [0.2, 0.25) is 0 Å². The Morgan fingerprint density at radius 1 is 1.12 bits per heavy atom. The molecule has 2 heterocycles. The van der Waals surface area contributed by atoms with E-state index in [0.29, 0.717) is 11.6 Å². The molecule has 0 aliphatic carbocycles. The lowest BCUT2D eigenvalue weighted by molar-refractivity contribution is 0.102. The van der Waals surface area contributed by atoms with E-state index in [0.717, 1.165) is 38.1 Å². The molecule has 0 bridgehead atoms. The van der Waals surface area contributed by atoms with Crippen molar-refractivity contribution in [2.45, 2.75) is 26.2 Å². The van der Waals surface area contributed by atoms with Crippen LogP contribution in [0, 0.1) is 18.6 Å². The Balaban J connectivity index is 1.85. The van der Waals surface area contributed by atoms with E-state index < -0.39 is 23.2 Å². The molecule has 7 heteroatoms. The monoisotopic (exact) mass is 332 g/mol. The van der Waals surface area contributed by atoms with Gasteiger partial charge in [-0.3, -0.25) is 4.79 Å². The van der Waals surface area contributed by atoms with Gasteiger partial charge in [-0.05, 0) is 38.3 Å². The Labute approximate surface area is 138 Å². The first-order chi connectivity index (χ1) is 11.5. The number of carbonyl (C=O) groups is 1. The van der Waals surface area contributed by atoms with Gasteiger partial charge in [0.05, 0.1) is 0 Å². The maximum absolute atomic E-state index is 13.7. The first kappa shape index (κ1) is 16.3. The van der Waals surface area contributed by atoms with E-state index in [1.54, 1.807) is 13.0 Å². The van der Waals surface area contributed by atoms with Crippen LogP contribution in [0.1, 0.15) is 35.6 Å². The summed E-state index contributed by atoms with van der Waals surface area (Å²) in [5.74, 6) is -1.21. The Hall–Kier alpha value is -2.57. The fraction of sp³-hybridized carbons (Fsp3) is 0.353. The minimum absolute atomic E-state index is 0.0886. The molecule has 0 atom stereocenters. The van der Waals surface area contributed by atoms with Gasteiger partial charge in [0.25, 0.3) is 5.91 Å². The third-order valence-electron chi connectivity index (χ3n) is 3.94. The minimum Gasteiger partial charge on any atom is -0.356 e. The van der Waals surface area contributed by atoms with Crippen LogP contribution in [-0.2, 0) is 0 Å². The fourth-order valence-electron chi connectivity index (χ4n) is 2.75. The first-order valence-corrected chi connectivity index (χ1v) is 7.90. The number of halogens is 2. The quantitative estimate of drug-likeness (QED) is 0.937. The number of benzene rings is 1. The van der Waals surface area contributed by atoms with Crippen LogP contribution >= 0.6 is 0 Å². The summed E-state index contributed by atoms with van der Waals surface area (Å²) in [6.45, 7) is 3.44. The van der Waals surface area contributed by atoms with Gasteiger partial charge in [0, 0.05) is 19.2 Å². The number of nitrogens with zero attached hydrogens (tertiary/aromatic N) is 3. The van der Waals surface area contributed by atoms with Crippen LogP contribution in [0.25, 0.3) is 0 Å². The van der Waals surface area contributed by atoms with Gasteiger partial charge in [-0.2, -0.15) is 0 Å². The van der Waals surface area contributed by atoms with Crippen molar-refractivity contribution in [2.24, 2.45) is 0 Å². The normalized spacial score (nSPS) is 14.5. The van der Waals surface area contributed by atoms with Crippen LogP contribution in [0.3, 0.4) is 0 Å². The number of nitrogens with one attached hydrogen (secondary N) is 1. The van der Waals surface area contributed by atoms with Crippen molar-refractivity contribution >= 4 is 17.4 Å². The summed E-state index contributed by atoms with van der Waals surface area (Å²) in [4.78, 5) is 22.9. The molecule has 1 aliphatic rings. The standard InChI is InChI=1S/C17H18F2N4O/c1-11-20-14(10-15(21-11)23-8-3-2-4-9-23)17(24)22-16-12(18)6-5-7-13(16)19/h5-7,10H,2-4,8-9H2,1H3,(H,22,24). The summed E-state index contributed by atoms with van der Waals surface area (Å²) in [7, 11) is 0. The summed E-state index contributed by atoms with van der Waals surface area (Å²) in [6.07, 6.45) is 3.33. The van der Waals surface area contributed by atoms with Gasteiger partial charge in [0.2, 0.25) is 0 Å². The summed E-state index contributed by atoms with van der Waals surface area (Å²) in [5, 5.41) is 2.25. The molecule has 1 saturated heterocycles. The molecule has 0 unspecified atom stereocenters. The van der Waals surface area contributed by atoms with Gasteiger partial charge in [-0.25, -0.2) is 18.7 Å². The lowest BCUT2D eigenvalue weighted by Gasteiger charge is -2.28. The van der Waals surface area contributed by atoms with Crippen LogP contribution < -0.4 is 10.2 Å². The first-order valence-electron chi connectivity index (χ1n) is 7.90. The second kappa shape index (κ2) is 6.90. The molecule has 1 amide bonds. The second-order valence-corrected chi connectivity index (χ2v) is 5.76. The number of rotatable bonds is 3. The molecule has 5 nitrogen and oxygen atoms in total. The van der Waals surface area contributed by atoms with E-state index in [2.05, 4.69) is 20.2 Å². The molecule has 126 valence electrons. The van der Waals surface area contributed by atoms with E-state index in [1.807, 2.05) is 0 Å². The van der Waals surface area contributed by atoms with E-state index in [1.165, 1.54) is 12.5 Å². The van der Waals surface area contributed by atoms with Crippen molar-refractivity contribution in [3.8, 4) is 0 Å². The lowest BCUT2D eigenvalue weighted by Crippen LogP contribution is -2.31. The van der Waals surface area contributed by atoms with Crippen LogP contribution in [0.15, 0.2) is 24.3 Å². The van der Waals surface area contributed by atoms with Gasteiger partial charge >= 0.3 is 0 Å². The molecule has 3 rings (SSSR count). The van der Waals surface area contributed by atoms with Crippen molar-refractivity contribution in [1.82, 2.24) is 9.97 Å². The number of hydrogen-bond acceptors (Lipinski definition) is 4. The van der Waals surface area contributed by atoms with Gasteiger partial charge in [0.15, 0.2) is 0 Å². The molecule has 2 aromatic rings. The van der Waals surface area contributed by atoms with Crippen molar-refractivity contribution < 1.29 is 13.6 Å². The lowest BCUT2D eigenvalue weighted by atomic mass is 10.1. The highest BCUT2D eigenvalue weighted by Crippen LogP contribution is 2.21. The van der Waals surface area contributed by atoms with Crippen molar-refractivity contribution in [1.29, 1.82) is 0 Å². The number of anilines is 2. The van der Waals surface area contributed by atoms with Crippen LogP contribution in [-0.4, -0.2) is 29.0 Å². The molecule has 24 heavy (non-hydrogen) atoms. The van der Waals surface area contributed by atoms with Crippen LogP contribution in [0.5, 0.6) is 0 Å². The van der Waals surface area contributed by atoms with E-state index >= 15 is 0 Å². The maximum atomic E-state index is 13.7. The molecule has 1 N–H and O–H groups in total. The zero-order chi connectivity index (χ0) is 17.1. The number of piperidine rings is 1. The summed E-state index contributed by atoms with van der Waals surface area (Å²) in [6, 6.07) is 4.97. The Kier molecular flexibility index (Phi) is 4.69. The molecule has 1 fully saturated rings. The topological polar surface area (TPSA) is 58.1 Å². The highest BCUT2D eigenvalue weighted by molar-refractivity contribution is 6.03. The zero-order valence-corrected chi connectivity index (χ0v) is 13.4. The summed E-state index contributed by atoms with van der Waals surface area (Å²) >= 11 is 0. The van der Waals surface area contributed by atoms with E-state index in [-0.39, 0.29) is 5.69 Å². The highest BCUT2D eigenvalue weighted by atomic mass is 19.1. The van der Waals surface area contributed by atoms with Gasteiger partial charge < -0.3 is 10.2 Å². The molecule has 0 radical (unpaired) electrons. The predicted octanol–water partition coefficient (Wildman–Crippen LogP) is 3.31. The minimum atomic E-state index is -0.828. The maximum Gasteiger partial charge on any atom is 0.274 e. The Morgan fingerprint density at radius 2 is 1.79 bits per heavy atom. The SMILES string of the molecule is Cc1nc(C(=O)Nc2c(F)cccc2F)cc(N2CCCCC2)n1. The highest BCUT2D eigenvalue weighted by Gasteiger charge is 2.18. The smallest absolute Gasteiger partial charge is 0.274 e. The zero-order valence-electron chi connectivity index (χ0n) is 13.4. The van der Waals surface area contributed by atoms with E-state index in [4.69, 9.17) is 0 Å². The molecule has 1 aromatic carbocycles. The predicted molar refractivity (Wildman–Crippen MR) is 87.1 cm³/mol. The number of aromatic nitrogens is 2. The molecular weight excluding hydrogens is 314 g/mol. The Morgan fingerprint density at radius 3 is 2.46 bits per heavy atom. The molecular formula is C17H18F2N4O. The average Bonchev–Trinajstić information content (AvgIpc) is 2.58. The van der Waals surface area contributed by atoms with Crippen molar-refractivity contribution in [2.75, 3.05) is 23.3 Å². The molecule has 0 spiro atoms. The summed E-state index contributed by atoms with van der Waals surface area (Å²) < 4.78 is 27.4. The fourth-order valence-corrected chi connectivity index (χ4v) is 2.75. The van der Waals surface area contributed by atoms with E-state index in [9.17, 15) is 13.6 Å². The number of hydrogen-bond donors (Lipinski definition) is 1. The van der Waals surface area contributed by atoms with Gasteiger partial charge in [-0.15, -0.1) is 0 Å². The number of carbonyl (C=O) groups excluding carboxylic acids is 1. The largest absolute Gasteiger partial charge is 0.356 e. The second-order valence-electron chi connectivity index (χ2n) is 5.76. The summed E-state index contributed by atoms with van der Waals surface area (Å²) in [5.41, 5.74) is -0.385.